The van der Waals surface area contributed by atoms with Gasteiger partial charge in [-0.15, -0.1) is 0 Å². The van der Waals surface area contributed by atoms with Gasteiger partial charge in [0, 0.05) is 6.54 Å². The van der Waals surface area contributed by atoms with Gasteiger partial charge in [-0.2, -0.15) is 0 Å². The number of phenols is 1. The maximum Gasteiger partial charge on any atom is 0.224 e. The number of phenolic OH excluding ortho intramolecular Hbond substituents is 1. The van der Waals surface area contributed by atoms with Crippen molar-refractivity contribution in [1.82, 2.24) is 5.32 Å². The summed E-state index contributed by atoms with van der Waals surface area (Å²) in [6.45, 7) is 7.80. The van der Waals surface area contributed by atoms with E-state index in [1.807, 2.05) is 26.8 Å². The minimum absolute atomic E-state index is 0.161. The van der Waals surface area contributed by atoms with Gasteiger partial charge < -0.3 is 15.5 Å². The Morgan fingerprint density at radius 2 is 2.00 bits per heavy atom. The van der Waals surface area contributed by atoms with E-state index in [0.717, 1.165) is 11.1 Å². The quantitative estimate of drug-likeness (QED) is 0.777. The first-order valence-electron chi connectivity index (χ1n) is 6.43. The molecule has 0 radical (unpaired) electrons. The lowest BCUT2D eigenvalue weighted by Gasteiger charge is -2.25. The molecule has 0 aliphatic rings. The zero-order chi connectivity index (χ0) is 14.6. The number of carbonyl (C=O) groups excluding carboxylic acids is 1. The van der Waals surface area contributed by atoms with Crippen LogP contribution in [0.3, 0.4) is 0 Å². The van der Waals surface area contributed by atoms with E-state index in [1.165, 1.54) is 0 Å². The highest BCUT2D eigenvalue weighted by molar-refractivity contribution is 5.78. The van der Waals surface area contributed by atoms with Crippen LogP contribution in [0.2, 0.25) is 0 Å². The van der Waals surface area contributed by atoms with Crippen molar-refractivity contribution >= 4 is 5.91 Å². The molecule has 0 bridgehead atoms. The average Bonchev–Trinajstić information content (AvgIpc) is 2.29. The summed E-state index contributed by atoms with van der Waals surface area (Å²) in [6.07, 6.45) is -0.382. The monoisotopic (exact) mass is 265 g/mol. The van der Waals surface area contributed by atoms with E-state index in [1.54, 1.807) is 19.1 Å². The second kappa shape index (κ2) is 6.06. The van der Waals surface area contributed by atoms with Crippen molar-refractivity contribution in [1.29, 1.82) is 0 Å². The summed E-state index contributed by atoms with van der Waals surface area (Å²) in [5, 5.41) is 22.1. The summed E-state index contributed by atoms with van der Waals surface area (Å²) < 4.78 is 0. The summed E-state index contributed by atoms with van der Waals surface area (Å²) in [5.74, 6) is 0.0339. The van der Waals surface area contributed by atoms with Crippen LogP contribution in [-0.2, 0) is 11.2 Å². The van der Waals surface area contributed by atoms with E-state index in [9.17, 15) is 15.0 Å². The topological polar surface area (TPSA) is 69.6 Å². The second-order valence-corrected chi connectivity index (χ2v) is 5.98. The third-order valence-electron chi connectivity index (χ3n) is 3.13. The van der Waals surface area contributed by atoms with E-state index in [4.69, 9.17) is 0 Å². The van der Waals surface area contributed by atoms with Gasteiger partial charge in [-0.05, 0) is 29.5 Å². The fraction of sp³-hybridized carbons (Fsp3) is 0.533. The molecule has 1 aromatic rings. The largest absolute Gasteiger partial charge is 0.508 e. The smallest absolute Gasteiger partial charge is 0.224 e. The lowest BCUT2D eigenvalue weighted by molar-refractivity contribution is -0.121. The molecule has 19 heavy (non-hydrogen) atoms. The van der Waals surface area contributed by atoms with Crippen LogP contribution in [0.1, 0.15) is 31.9 Å². The maximum atomic E-state index is 11.7. The normalized spacial score (nSPS) is 13.1. The molecule has 0 aliphatic heterocycles. The number of hydrogen-bond donors (Lipinski definition) is 3. The van der Waals surface area contributed by atoms with E-state index in [2.05, 4.69) is 5.32 Å². The van der Waals surface area contributed by atoms with E-state index in [0.29, 0.717) is 0 Å². The van der Waals surface area contributed by atoms with Crippen molar-refractivity contribution in [3.05, 3.63) is 29.3 Å². The van der Waals surface area contributed by atoms with E-state index in [-0.39, 0.29) is 30.0 Å². The number of nitrogens with one attached hydrogen (secondary N) is 1. The molecule has 0 heterocycles. The molecule has 4 heteroatoms. The first-order valence-corrected chi connectivity index (χ1v) is 6.43. The van der Waals surface area contributed by atoms with Crippen LogP contribution in [-0.4, -0.2) is 28.8 Å². The number of aryl methyl sites for hydroxylation is 1. The van der Waals surface area contributed by atoms with Gasteiger partial charge in [0.25, 0.3) is 0 Å². The standard InChI is InChI=1S/C15H23NO3/c1-10-5-6-11(7-12(10)17)8-14(19)16-9-13(18)15(2,3)4/h5-7,13,17-18H,8-9H2,1-4H3,(H,16,19). The minimum atomic E-state index is -0.581. The lowest BCUT2D eigenvalue weighted by Crippen LogP contribution is -2.39. The van der Waals surface area contributed by atoms with Gasteiger partial charge >= 0.3 is 0 Å². The van der Waals surface area contributed by atoms with E-state index >= 15 is 0 Å². The van der Waals surface area contributed by atoms with Crippen LogP contribution in [0.4, 0.5) is 0 Å². The summed E-state index contributed by atoms with van der Waals surface area (Å²) in [7, 11) is 0. The average molecular weight is 265 g/mol. The number of aliphatic hydroxyl groups is 1. The molecule has 1 rings (SSSR count). The molecule has 0 saturated heterocycles. The first-order chi connectivity index (χ1) is 8.70. The summed E-state index contributed by atoms with van der Waals surface area (Å²) in [5.41, 5.74) is 1.29. The van der Waals surface area contributed by atoms with Gasteiger partial charge in [-0.3, -0.25) is 4.79 Å². The van der Waals surface area contributed by atoms with Crippen molar-refractivity contribution in [2.45, 2.75) is 40.2 Å². The third kappa shape index (κ3) is 4.91. The van der Waals surface area contributed by atoms with Crippen LogP contribution >= 0.6 is 0 Å². The van der Waals surface area contributed by atoms with Gasteiger partial charge in [0.2, 0.25) is 5.91 Å². The summed E-state index contributed by atoms with van der Waals surface area (Å²) >= 11 is 0. The zero-order valence-electron chi connectivity index (χ0n) is 12.0. The third-order valence-corrected chi connectivity index (χ3v) is 3.13. The Morgan fingerprint density at radius 1 is 1.37 bits per heavy atom. The van der Waals surface area contributed by atoms with Crippen LogP contribution < -0.4 is 5.32 Å². The molecule has 1 unspecified atom stereocenters. The molecule has 3 N–H and O–H groups in total. The van der Waals surface area contributed by atoms with Crippen LogP contribution in [0.25, 0.3) is 0 Å². The molecule has 106 valence electrons. The molecule has 0 fully saturated rings. The maximum absolute atomic E-state index is 11.7. The fourth-order valence-corrected chi connectivity index (χ4v) is 1.53. The second-order valence-electron chi connectivity index (χ2n) is 5.98. The first kappa shape index (κ1) is 15.5. The molecule has 1 atom stereocenters. The molecule has 4 nitrogen and oxygen atoms in total. The Labute approximate surface area is 114 Å². The molecule has 0 saturated carbocycles. The Hall–Kier alpha value is -1.55. The molecule has 1 aromatic carbocycles. The van der Waals surface area contributed by atoms with Crippen molar-refractivity contribution in [3.8, 4) is 5.75 Å². The summed E-state index contributed by atoms with van der Waals surface area (Å²) in [4.78, 5) is 11.7. The van der Waals surface area contributed by atoms with Crippen LogP contribution in [0, 0.1) is 12.3 Å². The number of rotatable bonds is 4. The number of carbonyl (C=O) groups is 1. The molecule has 1 amide bonds. The van der Waals surface area contributed by atoms with Crippen LogP contribution in [0.5, 0.6) is 5.75 Å². The Morgan fingerprint density at radius 3 is 2.53 bits per heavy atom. The van der Waals surface area contributed by atoms with Crippen molar-refractivity contribution in [2.24, 2.45) is 5.41 Å². The highest BCUT2D eigenvalue weighted by Crippen LogP contribution is 2.19. The number of benzene rings is 1. The fourth-order valence-electron chi connectivity index (χ4n) is 1.53. The number of aliphatic hydroxyl groups excluding tert-OH is 1. The Bertz CT molecular complexity index is 449. The van der Waals surface area contributed by atoms with Crippen LogP contribution in [0.15, 0.2) is 18.2 Å². The van der Waals surface area contributed by atoms with Crippen molar-refractivity contribution in [3.63, 3.8) is 0 Å². The lowest BCUT2D eigenvalue weighted by atomic mass is 9.89. The van der Waals surface area contributed by atoms with Crippen molar-refractivity contribution < 1.29 is 15.0 Å². The van der Waals surface area contributed by atoms with Gasteiger partial charge in [0.1, 0.15) is 5.75 Å². The number of hydrogen-bond acceptors (Lipinski definition) is 3. The molecule has 0 aliphatic carbocycles. The Kier molecular flexibility index (Phi) is 4.95. The van der Waals surface area contributed by atoms with Gasteiger partial charge in [0.15, 0.2) is 0 Å². The van der Waals surface area contributed by atoms with Gasteiger partial charge in [0.05, 0.1) is 12.5 Å². The van der Waals surface area contributed by atoms with Gasteiger partial charge in [-0.25, -0.2) is 0 Å². The molecular formula is C15H23NO3. The van der Waals surface area contributed by atoms with Crippen molar-refractivity contribution in [2.75, 3.05) is 6.54 Å². The number of aromatic hydroxyl groups is 1. The summed E-state index contributed by atoms with van der Waals surface area (Å²) in [6, 6.07) is 5.19. The minimum Gasteiger partial charge on any atom is -0.508 e. The zero-order valence-corrected chi connectivity index (χ0v) is 12.0. The molecule has 0 spiro atoms. The van der Waals surface area contributed by atoms with E-state index < -0.39 is 6.10 Å². The predicted octanol–water partition coefficient (Wildman–Crippen LogP) is 1.77. The molecule has 0 aromatic heterocycles. The Balaban J connectivity index is 2.49. The predicted molar refractivity (Wildman–Crippen MR) is 75.0 cm³/mol. The SMILES string of the molecule is Cc1ccc(CC(=O)NCC(O)C(C)(C)C)cc1O. The molecular weight excluding hydrogens is 242 g/mol. The number of amides is 1. The van der Waals surface area contributed by atoms with Gasteiger partial charge in [-0.1, -0.05) is 32.9 Å². The highest BCUT2D eigenvalue weighted by atomic mass is 16.3. The highest BCUT2D eigenvalue weighted by Gasteiger charge is 2.22.